The van der Waals surface area contributed by atoms with Crippen molar-refractivity contribution >= 4 is 10.8 Å². The van der Waals surface area contributed by atoms with Crippen molar-refractivity contribution in [1.29, 1.82) is 0 Å². The van der Waals surface area contributed by atoms with E-state index in [0.29, 0.717) is 16.4 Å². The van der Waals surface area contributed by atoms with E-state index in [9.17, 15) is 4.21 Å². The van der Waals surface area contributed by atoms with Crippen molar-refractivity contribution in [3.05, 3.63) is 12.7 Å². The fourth-order valence-corrected chi connectivity index (χ4v) is 4.68. The Morgan fingerprint density at radius 3 is 2.50 bits per heavy atom. The third-order valence-corrected chi connectivity index (χ3v) is 6.97. The highest BCUT2D eigenvalue weighted by Crippen LogP contribution is 2.31. The smallest absolute Gasteiger partial charge is 0.0468 e. The van der Waals surface area contributed by atoms with Crippen LogP contribution < -0.4 is 0 Å². The zero-order valence-electron chi connectivity index (χ0n) is 12.9. The Hall–Kier alpha value is -0.150. The summed E-state index contributed by atoms with van der Waals surface area (Å²) >= 11 is 0. The minimum atomic E-state index is -0.583. The average Bonchev–Trinajstić information content (AvgIpc) is 3.32. The lowest BCUT2D eigenvalue weighted by molar-refractivity contribution is 0.0623. The molecule has 3 heteroatoms. The molecule has 1 heterocycles. The highest BCUT2D eigenvalue weighted by molar-refractivity contribution is 7.86. The molecule has 0 aromatic rings. The normalized spacial score (nSPS) is 25.1. The summed E-state index contributed by atoms with van der Waals surface area (Å²) in [7, 11) is -0.583. The molecular weight excluding hydrogens is 268 g/mol. The van der Waals surface area contributed by atoms with Crippen molar-refractivity contribution in [3.63, 3.8) is 0 Å². The zero-order chi connectivity index (χ0) is 14.4. The third kappa shape index (κ3) is 5.33. The van der Waals surface area contributed by atoms with E-state index < -0.39 is 10.8 Å². The van der Waals surface area contributed by atoms with Crippen LogP contribution in [0.1, 0.15) is 58.3 Å². The first-order chi connectivity index (χ1) is 9.70. The van der Waals surface area contributed by atoms with Crippen LogP contribution in [0, 0.1) is 11.8 Å². The molecule has 2 fully saturated rings. The van der Waals surface area contributed by atoms with E-state index in [-0.39, 0.29) is 0 Å². The van der Waals surface area contributed by atoms with Gasteiger partial charge in [0, 0.05) is 34.5 Å². The molecule has 0 N–H and O–H groups in total. The van der Waals surface area contributed by atoms with Crippen molar-refractivity contribution in [2.24, 2.45) is 11.8 Å². The van der Waals surface area contributed by atoms with Crippen LogP contribution in [0.3, 0.4) is 0 Å². The van der Waals surface area contributed by atoms with E-state index in [0.717, 1.165) is 32.0 Å². The van der Waals surface area contributed by atoms with E-state index in [2.05, 4.69) is 19.6 Å². The molecule has 0 amide bonds. The van der Waals surface area contributed by atoms with Crippen LogP contribution in [0.5, 0.6) is 0 Å². The van der Waals surface area contributed by atoms with E-state index in [1.807, 2.05) is 0 Å². The van der Waals surface area contributed by atoms with Crippen LogP contribution in [0.4, 0.5) is 0 Å². The van der Waals surface area contributed by atoms with Crippen LogP contribution in [-0.2, 0) is 15.5 Å². The monoisotopic (exact) mass is 298 g/mol. The Morgan fingerprint density at radius 1 is 1.20 bits per heavy atom. The lowest BCUT2D eigenvalue weighted by atomic mass is 9.88. The van der Waals surface area contributed by atoms with E-state index in [4.69, 9.17) is 4.74 Å². The fraction of sp³-hybridized carbons (Fsp3) is 0.882. The van der Waals surface area contributed by atoms with Gasteiger partial charge >= 0.3 is 0 Å². The largest absolute Gasteiger partial charge is 0.381 e. The minimum Gasteiger partial charge on any atom is -0.381 e. The van der Waals surface area contributed by atoms with Crippen LogP contribution in [0.15, 0.2) is 12.7 Å². The number of rotatable bonds is 9. The van der Waals surface area contributed by atoms with Crippen LogP contribution >= 0.6 is 0 Å². The molecule has 0 radical (unpaired) electrons. The van der Waals surface area contributed by atoms with Gasteiger partial charge in [-0.15, -0.1) is 6.58 Å². The van der Waals surface area contributed by atoms with Crippen molar-refractivity contribution < 1.29 is 8.95 Å². The number of hydrogen-bond acceptors (Lipinski definition) is 2. The topological polar surface area (TPSA) is 26.3 Å². The summed E-state index contributed by atoms with van der Waals surface area (Å²) in [5.74, 6) is 1.46. The van der Waals surface area contributed by atoms with Gasteiger partial charge in [-0.05, 0) is 63.2 Å². The second-order valence-electron chi connectivity index (χ2n) is 6.54. The van der Waals surface area contributed by atoms with Gasteiger partial charge in [0.05, 0.1) is 0 Å². The highest BCUT2D eigenvalue weighted by atomic mass is 32.2. The third-order valence-electron chi connectivity index (χ3n) is 4.81. The van der Waals surface area contributed by atoms with Gasteiger partial charge in [0.2, 0.25) is 0 Å². The molecule has 20 heavy (non-hydrogen) atoms. The van der Waals surface area contributed by atoms with Crippen molar-refractivity contribution in [2.45, 2.75) is 68.8 Å². The molecule has 1 aliphatic heterocycles. The molecule has 0 aromatic carbocycles. The Bertz CT molecular complexity index is 319. The first-order valence-electron chi connectivity index (χ1n) is 8.30. The van der Waals surface area contributed by atoms with Gasteiger partial charge in [0.15, 0.2) is 0 Å². The fourth-order valence-electron chi connectivity index (χ4n) is 3.06. The number of allylic oxidation sites excluding steroid dienone is 1. The Kier molecular flexibility index (Phi) is 6.76. The van der Waals surface area contributed by atoms with Crippen LogP contribution in [0.25, 0.3) is 0 Å². The van der Waals surface area contributed by atoms with Gasteiger partial charge in [0.25, 0.3) is 0 Å². The van der Waals surface area contributed by atoms with Crippen LogP contribution in [0.2, 0.25) is 0 Å². The molecule has 3 atom stereocenters. The predicted octanol–water partition coefficient (Wildman–Crippen LogP) is 4.08. The Labute approximate surface area is 126 Å². The molecular formula is C17H30O2S. The summed E-state index contributed by atoms with van der Waals surface area (Å²) in [4.78, 5) is 0. The summed E-state index contributed by atoms with van der Waals surface area (Å²) in [6.45, 7) is 8.04. The molecule has 2 nitrogen and oxygen atoms in total. The van der Waals surface area contributed by atoms with Gasteiger partial charge in [-0.25, -0.2) is 0 Å². The minimum absolute atomic E-state index is 0.369. The molecule has 116 valence electrons. The van der Waals surface area contributed by atoms with Gasteiger partial charge < -0.3 is 4.74 Å². The maximum absolute atomic E-state index is 12.1. The van der Waals surface area contributed by atoms with Crippen LogP contribution in [-0.4, -0.2) is 27.9 Å². The molecule has 3 unspecified atom stereocenters. The average molecular weight is 298 g/mol. The molecule has 0 aromatic heterocycles. The number of hydrogen-bond donors (Lipinski definition) is 0. The van der Waals surface area contributed by atoms with E-state index in [1.165, 1.54) is 38.5 Å². The number of ether oxygens (including phenoxy) is 1. The summed E-state index contributed by atoms with van der Waals surface area (Å²) in [5.41, 5.74) is 0. The lowest BCUT2D eigenvalue weighted by Gasteiger charge is -2.24. The van der Waals surface area contributed by atoms with Gasteiger partial charge in [-0.2, -0.15) is 0 Å². The SMILES string of the molecule is C=CC(CCC1CCOCC1)CCC(C)S(=O)C1CC1. The second-order valence-corrected chi connectivity index (χ2v) is 8.67. The zero-order valence-corrected chi connectivity index (χ0v) is 13.7. The van der Waals surface area contributed by atoms with E-state index >= 15 is 0 Å². The van der Waals surface area contributed by atoms with Crippen molar-refractivity contribution in [2.75, 3.05) is 13.2 Å². The summed E-state index contributed by atoms with van der Waals surface area (Å²) in [6.07, 6.45) is 11.7. The Morgan fingerprint density at radius 2 is 1.90 bits per heavy atom. The molecule has 1 aliphatic carbocycles. The standard InChI is InChI=1S/C17H30O2S/c1-3-15(6-7-16-10-12-19-13-11-16)5-4-14(2)20(18)17-8-9-17/h3,14-17H,1,4-13H2,2H3. The predicted molar refractivity (Wildman–Crippen MR) is 86.3 cm³/mol. The summed E-state index contributed by atoms with van der Waals surface area (Å²) in [5, 5.41) is 0.891. The van der Waals surface area contributed by atoms with Crippen molar-refractivity contribution in [1.82, 2.24) is 0 Å². The molecule has 2 rings (SSSR count). The molecule has 0 bridgehead atoms. The van der Waals surface area contributed by atoms with E-state index in [1.54, 1.807) is 0 Å². The molecule has 1 saturated carbocycles. The quantitative estimate of drug-likeness (QED) is 0.600. The molecule has 2 aliphatic rings. The van der Waals surface area contributed by atoms with Crippen molar-refractivity contribution in [3.8, 4) is 0 Å². The Balaban J connectivity index is 1.63. The first kappa shape index (κ1) is 16.2. The molecule has 0 spiro atoms. The summed E-state index contributed by atoms with van der Waals surface area (Å²) in [6, 6.07) is 0. The van der Waals surface area contributed by atoms with Gasteiger partial charge in [0.1, 0.15) is 0 Å². The highest BCUT2D eigenvalue weighted by Gasteiger charge is 2.31. The van der Waals surface area contributed by atoms with Gasteiger partial charge in [-0.1, -0.05) is 13.0 Å². The maximum Gasteiger partial charge on any atom is 0.0468 e. The second kappa shape index (κ2) is 8.33. The first-order valence-corrected chi connectivity index (χ1v) is 9.58. The summed E-state index contributed by atoms with van der Waals surface area (Å²) < 4.78 is 17.5. The lowest BCUT2D eigenvalue weighted by Crippen LogP contribution is -2.18. The maximum atomic E-state index is 12.1. The van der Waals surface area contributed by atoms with Gasteiger partial charge in [-0.3, -0.25) is 4.21 Å². The molecule has 1 saturated heterocycles.